The van der Waals surface area contributed by atoms with Crippen molar-refractivity contribution in [3.05, 3.63) is 58.1 Å². The van der Waals surface area contributed by atoms with Crippen molar-refractivity contribution in [2.45, 2.75) is 26.3 Å². The Morgan fingerprint density at radius 1 is 1.16 bits per heavy atom. The number of phenols is 1. The number of carbonyl (C=O) groups is 2. The molecular formula is C18H19BrN2O4. The van der Waals surface area contributed by atoms with Gasteiger partial charge < -0.3 is 10.0 Å². The highest BCUT2D eigenvalue weighted by Gasteiger charge is 2.19. The van der Waals surface area contributed by atoms with Gasteiger partial charge in [0.25, 0.3) is 0 Å². The minimum Gasteiger partial charge on any atom is -0.508 e. The number of aromatic hydroxyl groups is 1. The molecule has 2 rings (SSSR count). The van der Waals surface area contributed by atoms with Gasteiger partial charge in [0.1, 0.15) is 5.75 Å². The van der Waals surface area contributed by atoms with Gasteiger partial charge in [0, 0.05) is 23.0 Å². The summed E-state index contributed by atoms with van der Waals surface area (Å²) in [4.78, 5) is 25.5. The van der Waals surface area contributed by atoms with E-state index in [9.17, 15) is 14.7 Å². The molecule has 0 aliphatic rings. The van der Waals surface area contributed by atoms with Crippen LogP contribution >= 0.6 is 15.9 Å². The molecule has 0 radical (unpaired) electrons. The van der Waals surface area contributed by atoms with Crippen LogP contribution in [0.1, 0.15) is 24.0 Å². The largest absolute Gasteiger partial charge is 0.508 e. The number of phenolic OH excluding ortho intramolecular Hbond substituents is 1. The van der Waals surface area contributed by atoms with E-state index in [1.54, 1.807) is 24.0 Å². The van der Waals surface area contributed by atoms with Gasteiger partial charge >= 0.3 is 0 Å². The highest BCUT2D eigenvalue weighted by molar-refractivity contribution is 9.10. The van der Waals surface area contributed by atoms with E-state index in [4.69, 9.17) is 5.21 Å². The van der Waals surface area contributed by atoms with Crippen molar-refractivity contribution < 1.29 is 19.9 Å². The van der Waals surface area contributed by atoms with Crippen LogP contribution in [0.15, 0.2) is 46.9 Å². The zero-order valence-corrected chi connectivity index (χ0v) is 15.3. The Morgan fingerprint density at radius 3 is 2.56 bits per heavy atom. The number of nitrogens with zero attached hydrogens (tertiary/aromatic N) is 1. The van der Waals surface area contributed by atoms with Crippen LogP contribution in [-0.4, -0.2) is 22.1 Å². The first-order valence-corrected chi connectivity index (χ1v) is 8.47. The smallest absolute Gasteiger partial charge is 0.243 e. The molecule has 0 aromatic heterocycles. The zero-order chi connectivity index (χ0) is 18.4. The summed E-state index contributed by atoms with van der Waals surface area (Å²) in [5, 5.41) is 18.2. The maximum absolute atomic E-state index is 12.7. The average molecular weight is 407 g/mol. The maximum atomic E-state index is 12.7. The predicted octanol–water partition coefficient (Wildman–Crippen LogP) is 3.28. The third-order valence-corrected chi connectivity index (χ3v) is 4.19. The summed E-state index contributed by atoms with van der Waals surface area (Å²) in [5.41, 5.74) is 3.85. The Morgan fingerprint density at radius 2 is 1.92 bits per heavy atom. The number of benzene rings is 2. The van der Waals surface area contributed by atoms with Crippen molar-refractivity contribution in [1.82, 2.24) is 5.48 Å². The van der Waals surface area contributed by atoms with E-state index >= 15 is 0 Å². The van der Waals surface area contributed by atoms with Crippen LogP contribution in [0.25, 0.3) is 0 Å². The highest BCUT2D eigenvalue weighted by Crippen LogP contribution is 2.27. The number of hydrogen-bond donors (Lipinski definition) is 3. The van der Waals surface area contributed by atoms with E-state index < -0.39 is 5.91 Å². The molecule has 7 heteroatoms. The van der Waals surface area contributed by atoms with Crippen molar-refractivity contribution in [1.29, 1.82) is 0 Å². The first kappa shape index (κ1) is 19.0. The summed E-state index contributed by atoms with van der Waals surface area (Å²) in [6.45, 7) is 2.13. The maximum Gasteiger partial charge on any atom is 0.243 e. The van der Waals surface area contributed by atoms with Gasteiger partial charge in [-0.1, -0.05) is 28.1 Å². The number of rotatable bonds is 6. The van der Waals surface area contributed by atoms with Gasteiger partial charge in [-0.3, -0.25) is 14.8 Å². The van der Waals surface area contributed by atoms with Crippen LogP contribution in [0, 0.1) is 6.92 Å². The van der Waals surface area contributed by atoms with E-state index in [0.29, 0.717) is 12.2 Å². The molecule has 0 spiro atoms. The molecule has 132 valence electrons. The fourth-order valence-corrected chi connectivity index (χ4v) is 2.93. The van der Waals surface area contributed by atoms with Gasteiger partial charge in [-0.05, 0) is 48.4 Å². The van der Waals surface area contributed by atoms with Crippen LogP contribution < -0.4 is 10.4 Å². The molecule has 2 aromatic carbocycles. The third kappa shape index (κ3) is 5.30. The average Bonchev–Trinajstić information content (AvgIpc) is 2.58. The second-order valence-corrected chi connectivity index (χ2v) is 6.53. The zero-order valence-electron chi connectivity index (χ0n) is 13.7. The van der Waals surface area contributed by atoms with E-state index in [2.05, 4.69) is 15.9 Å². The van der Waals surface area contributed by atoms with Gasteiger partial charge in [0.2, 0.25) is 11.8 Å². The number of hydroxylamine groups is 1. The minimum atomic E-state index is -0.613. The molecule has 0 fully saturated rings. The summed E-state index contributed by atoms with van der Waals surface area (Å²) >= 11 is 3.41. The third-order valence-electron chi connectivity index (χ3n) is 3.69. The molecule has 25 heavy (non-hydrogen) atoms. The molecule has 0 aliphatic carbocycles. The second-order valence-electron chi connectivity index (χ2n) is 5.62. The lowest BCUT2D eigenvalue weighted by molar-refractivity contribution is -0.131. The molecule has 0 saturated carbocycles. The lowest BCUT2D eigenvalue weighted by Crippen LogP contribution is -2.32. The fourth-order valence-electron chi connectivity index (χ4n) is 2.48. The first-order chi connectivity index (χ1) is 11.9. The Labute approximate surface area is 154 Å². The van der Waals surface area contributed by atoms with Crippen LogP contribution in [0.5, 0.6) is 5.75 Å². The van der Waals surface area contributed by atoms with Crippen molar-refractivity contribution in [3.63, 3.8) is 0 Å². The quantitative estimate of drug-likeness (QED) is 0.507. The summed E-state index contributed by atoms with van der Waals surface area (Å²) in [6, 6.07) is 12.4. The fraction of sp³-hybridized carbons (Fsp3) is 0.222. The van der Waals surface area contributed by atoms with E-state index in [-0.39, 0.29) is 24.5 Å². The first-order valence-electron chi connectivity index (χ1n) is 7.68. The van der Waals surface area contributed by atoms with Crippen molar-refractivity contribution in [2.24, 2.45) is 0 Å². The second kappa shape index (κ2) is 8.64. The van der Waals surface area contributed by atoms with E-state index in [0.717, 1.165) is 15.6 Å². The molecule has 0 atom stereocenters. The van der Waals surface area contributed by atoms with Gasteiger partial charge in [0.05, 0.1) is 6.54 Å². The molecule has 0 saturated heterocycles. The Kier molecular flexibility index (Phi) is 6.55. The normalized spacial score (nSPS) is 10.4. The highest BCUT2D eigenvalue weighted by atomic mass is 79.9. The van der Waals surface area contributed by atoms with E-state index in [1.807, 2.05) is 24.3 Å². The molecular weight excluding hydrogens is 388 g/mol. The minimum absolute atomic E-state index is 0.0410. The lowest BCUT2D eigenvalue weighted by atomic mass is 10.1. The van der Waals surface area contributed by atoms with Crippen LogP contribution in [0.3, 0.4) is 0 Å². The number of nitrogens with one attached hydrogen (secondary N) is 1. The molecule has 2 amide bonds. The Hall–Kier alpha value is -2.38. The van der Waals surface area contributed by atoms with Crippen LogP contribution in [0.2, 0.25) is 0 Å². The van der Waals surface area contributed by atoms with E-state index in [1.165, 1.54) is 11.5 Å². The number of carbonyl (C=O) groups excluding carboxylic acids is 2. The number of amides is 2. The molecule has 0 aliphatic heterocycles. The number of halogens is 1. The van der Waals surface area contributed by atoms with Gasteiger partial charge in [-0.2, -0.15) is 0 Å². The van der Waals surface area contributed by atoms with Crippen molar-refractivity contribution in [2.75, 3.05) is 4.90 Å². The van der Waals surface area contributed by atoms with Crippen LogP contribution in [0.4, 0.5) is 5.69 Å². The Bertz CT molecular complexity index is 779. The van der Waals surface area contributed by atoms with Gasteiger partial charge in [0.15, 0.2) is 0 Å². The van der Waals surface area contributed by atoms with Crippen molar-refractivity contribution >= 4 is 33.4 Å². The summed E-state index contributed by atoms with van der Waals surface area (Å²) < 4.78 is 0.902. The number of anilines is 1. The number of hydrogen-bond acceptors (Lipinski definition) is 4. The lowest BCUT2D eigenvalue weighted by Gasteiger charge is -2.25. The van der Waals surface area contributed by atoms with Gasteiger partial charge in [-0.25, -0.2) is 5.48 Å². The SMILES string of the molecule is Cc1cc(O)ccc1N(Cc1cccc(Br)c1)C(=O)CCC(=O)NO. The Balaban J connectivity index is 2.30. The summed E-state index contributed by atoms with van der Waals surface area (Å²) in [6.07, 6.45) is -0.151. The molecule has 0 heterocycles. The number of aryl methyl sites for hydroxylation is 1. The van der Waals surface area contributed by atoms with Crippen molar-refractivity contribution in [3.8, 4) is 5.75 Å². The molecule has 6 nitrogen and oxygen atoms in total. The monoisotopic (exact) mass is 406 g/mol. The molecule has 0 unspecified atom stereocenters. The summed E-state index contributed by atoms with van der Waals surface area (Å²) in [7, 11) is 0. The molecule has 2 aromatic rings. The standard InChI is InChI=1S/C18H19BrN2O4/c1-12-9-15(22)5-6-16(12)21(18(24)8-7-17(23)20-25)11-13-3-2-4-14(19)10-13/h2-6,9-10,22,25H,7-8,11H2,1H3,(H,20,23). The van der Waals surface area contributed by atoms with Gasteiger partial charge in [-0.15, -0.1) is 0 Å². The topological polar surface area (TPSA) is 89.9 Å². The summed E-state index contributed by atoms with van der Waals surface area (Å²) in [5.74, 6) is -0.744. The predicted molar refractivity (Wildman–Crippen MR) is 97.3 cm³/mol. The van der Waals surface area contributed by atoms with Crippen LogP contribution in [-0.2, 0) is 16.1 Å². The molecule has 3 N–H and O–H groups in total. The molecule has 0 bridgehead atoms.